The lowest BCUT2D eigenvalue weighted by atomic mass is 9.88. The van der Waals surface area contributed by atoms with E-state index in [4.69, 9.17) is 0 Å². The largest absolute Gasteiger partial charge is 0.346 e. The molecule has 1 N–H and O–H groups in total. The summed E-state index contributed by atoms with van der Waals surface area (Å²) in [5.74, 6) is 0.683. The molecule has 2 aromatic heterocycles. The first-order valence-electron chi connectivity index (χ1n) is 8.17. The van der Waals surface area contributed by atoms with Crippen LogP contribution in [-0.4, -0.2) is 34.5 Å². The van der Waals surface area contributed by atoms with Gasteiger partial charge in [-0.25, -0.2) is 4.98 Å². The van der Waals surface area contributed by atoms with E-state index in [2.05, 4.69) is 54.0 Å². The third kappa shape index (κ3) is 3.65. The Labute approximate surface area is 127 Å². The first-order chi connectivity index (χ1) is 10.0. The van der Waals surface area contributed by atoms with Gasteiger partial charge in [-0.05, 0) is 67.9 Å². The highest BCUT2D eigenvalue weighted by Gasteiger charge is 2.22. The van der Waals surface area contributed by atoms with Gasteiger partial charge in [0.15, 0.2) is 0 Å². The fraction of sp³-hybridized carbons (Fsp3) is 0.611. The molecule has 3 heterocycles. The van der Waals surface area contributed by atoms with Gasteiger partial charge in [0.05, 0.1) is 0 Å². The zero-order valence-corrected chi connectivity index (χ0v) is 13.5. The lowest BCUT2D eigenvalue weighted by Crippen LogP contribution is -2.35. The van der Waals surface area contributed by atoms with Crippen molar-refractivity contribution in [3.63, 3.8) is 0 Å². The van der Waals surface area contributed by atoms with Gasteiger partial charge in [0.1, 0.15) is 5.65 Å². The van der Waals surface area contributed by atoms with Gasteiger partial charge in [0, 0.05) is 17.8 Å². The molecular formula is C18H27N3. The van der Waals surface area contributed by atoms with Crippen LogP contribution >= 0.6 is 0 Å². The Hall–Kier alpha value is -1.35. The van der Waals surface area contributed by atoms with Gasteiger partial charge in [-0.3, -0.25) is 0 Å². The van der Waals surface area contributed by atoms with Crippen LogP contribution in [0.1, 0.15) is 51.5 Å². The van der Waals surface area contributed by atoms with Crippen molar-refractivity contribution in [3.05, 3.63) is 30.1 Å². The summed E-state index contributed by atoms with van der Waals surface area (Å²) in [6.45, 7) is 10.7. The van der Waals surface area contributed by atoms with Crippen LogP contribution in [0.2, 0.25) is 0 Å². The number of likely N-dealkylation sites (tertiary alicyclic amines) is 1. The van der Waals surface area contributed by atoms with Gasteiger partial charge >= 0.3 is 0 Å². The summed E-state index contributed by atoms with van der Waals surface area (Å²) in [6.07, 6.45) is 7.85. The van der Waals surface area contributed by atoms with E-state index in [9.17, 15) is 0 Å². The molecule has 3 nitrogen and oxygen atoms in total. The summed E-state index contributed by atoms with van der Waals surface area (Å²) in [7, 11) is 0. The van der Waals surface area contributed by atoms with E-state index in [0.717, 1.165) is 5.65 Å². The van der Waals surface area contributed by atoms with E-state index in [1.54, 1.807) is 0 Å². The molecule has 3 rings (SSSR count). The molecule has 3 heteroatoms. The molecule has 1 saturated heterocycles. The predicted octanol–water partition coefficient (Wildman–Crippen LogP) is 4.18. The highest BCUT2D eigenvalue weighted by molar-refractivity contribution is 5.75. The van der Waals surface area contributed by atoms with E-state index in [1.807, 2.05) is 6.20 Å². The van der Waals surface area contributed by atoms with Crippen molar-refractivity contribution in [2.45, 2.75) is 46.0 Å². The Morgan fingerprint density at radius 2 is 2.05 bits per heavy atom. The van der Waals surface area contributed by atoms with E-state index in [1.165, 1.54) is 49.8 Å². The number of fused-ring (bicyclic) bond motifs is 1. The standard InChI is InChI=1S/C18H27N3/c1-18(2,3)7-11-21-9-5-14(6-10-21)16-12-15-4-8-19-17(15)20-13-16/h4,8,12-14H,5-7,9-11H2,1-3H3,(H,19,20). The number of piperidine rings is 1. The Morgan fingerprint density at radius 3 is 2.76 bits per heavy atom. The number of hydrogen-bond acceptors (Lipinski definition) is 2. The highest BCUT2D eigenvalue weighted by atomic mass is 15.1. The van der Waals surface area contributed by atoms with Gasteiger partial charge in [-0.15, -0.1) is 0 Å². The van der Waals surface area contributed by atoms with Crippen molar-refractivity contribution in [1.82, 2.24) is 14.9 Å². The van der Waals surface area contributed by atoms with Crippen LogP contribution in [0, 0.1) is 5.41 Å². The summed E-state index contributed by atoms with van der Waals surface area (Å²) >= 11 is 0. The highest BCUT2D eigenvalue weighted by Crippen LogP contribution is 2.30. The van der Waals surface area contributed by atoms with Crippen molar-refractivity contribution in [2.75, 3.05) is 19.6 Å². The van der Waals surface area contributed by atoms with Crippen LogP contribution in [0.25, 0.3) is 11.0 Å². The van der Waals surface area contributed by atoms with Crippen LogP contribution in [0.3, 0.4) is 0 Å². The molecule has 21 heavy (non-hydrogen) atoms. The second-order valence-electron chi connectivity index (χ2n) is 7.61. The summed E-state index contributed by atoms with van der Waals surface area (Å²) < 4.78 is 0. The van der Waals surface area contributed by atoms with E-state index >= 15 is 0 Å². The van der Waals surface area contributed by atoms with E-state index < -0.39 is 0 Å². The summed E-state index contributed by atoms with van der Waals surface area (Å²) in [5, 5.41) is 1.24. The molecule has 0 saturated carbocycles. The van der Waals surface area contributed by atoms with E-state index in [-0.39, 0.29) is 0 Å². The van der Waals surface area contributed by atoms with Gasteiger partial charge in [-0.1, -0.05) is 20.8 Å². The maximum Gasteiger partial charge on any atom is 0.137 e. The lowest BCUT2D eigenvalue weighted by molar-refractivity contribution is 0.184. The second-order valence-corrected chi connectivity index (χ2v) is 7.61. The second kappa shape index (κ2) is 5.80. The molecular weight excluding hydrogens is 258 g/mol. The molecule has 0 atom stereocenters. The van der Waals surface area contributed by atoms with Crippen LogP contribution in [0.5, 0.6) is 0 Å². The van der Waals surface area contributed by atoms with Gasteiger partial charge in [-0.2, -0.15) is 0 Å². The fourth-order valence-corrected chi connectivity index (χ4v) is 3.16. The lowest BCUT2D eigenvalue weighted by Gasteiger charge is -2.33. The number of nitrogens with zero attached hydrogens (tertiary/aromatic N) is 2. The maximum absolute atomic E-state index is 4.53. The average Bonchev–Trinajstić information content (AvgIpc) is 2.92. The molecule has 2 aromatic rings. The molecule has 1 fully saturated rings. The Morgan fingerprint density at radius 1 is 1.29 bits per heavy atom. The summed E-state index contributed by atoms with van der Waals surface area (Å²) in [6, 6.07) is 4.43. The zero-order valence-electron chi connectivity index (χ0n) is 13.5. The summed E-state index contributed by atoms with van der Waals surface area (Å²) in [4.78, 5) is 10.3. The van der Waals surface area contributed by atoms with Crippen molar-refractivity contribution >= 4 is 11.0 Å². The average molecular weight is 285 g/mol. The molecule has 0 bridgehead atoms. The van der Waals surface area contributed by atoms with Crippen molar-refractivity contribution in [1.29, 1.82) is 0 Å². The minimum atomic E-state index is 0.445. The molecule has 0 unspecified atom stereocenters. The van der Waals surface area contributed by atoms with Gasteiger partial charge in [0.25, 0.3) is 0 Å². The topological polar surface area (TPSA) is 31.9 Å². The Balaban J connectivity index is 1.57. The minimum absolute atomic E-state index is 0.445. The quantitative estimate of drug-likeness (QED) is 0.917. The monoisotopic (exact) mass is 285 g/mol. The number of aromatic amines is 1. The first-order valence-corrected chi connectivity index (χ1v) is 8.17. The van der Waals surface area contributed by atoms with Crippen LogP contribution in [0.4, 0.5) is 0 Å². The SMILES string of the molecule is CC(C)(C)CCN1CCC(c2cnc3[nH]ccc3c2)CC1. The summed E-state index contributed by atoms with van der Waals surface area (Å²) in [5.41, 5.74) is 2.86. The Bertz CT molecular complexity index is 586. The number of pyridine rings is 1. The molecule has 114 valence electrons. The third-order valence-corrected chi connectivity index (χ3v) is 4.66. The van der Waals surface area contributed by atoms with Gasteiger partial charge in [0.2, 0.25) is 0 Å². The van der Waals surface area contributed by atoms with E-state index in [0.29, 0.717) is 11.3 Å². The molecule has 1 aliphatic heterocycles. The molecule has 0 aromatic carbocycles. The molecule has 0 amide bonds. The molecule has 0 radical (unpaired) electrons. The third-order valence-electron chi connectivity index (χ3n) is 4.66. The van der Waals surface area contributed by atoms with Crippen molar-refractivity contribution < 1.29 is 0 Å². The smallest absolute Gasteiger partial charge is 0.137 e. The molecule has 0 aliphatic carbocycles. The number of nitrogens with one attached hydrogen (secondary N) is 1. The number of hydrogen-bond donors (Lipinski definition) is 1. The molecule has 0 spiro atoms. The maximum atomic E-state index is 4.53. The van der Waals surface area contributed by atoms with Gasteiger partial charge < -0.3 is 9.88 Å². The number of aromatic nitrogens is 2. The van der Waals surface area contributed by atoms with Crippen molar-refractivity contribution in [3.8, 4) is 0 Å². The zero-order chi connectivity index (χ0) is 14.9. The van der Waals surface area contributed by atoms with Crippen LogP contribution < -0.4 is 0 Å². The number of rotatable bonds is 3. The predicted molar refractivity (Wildman–Crippen MR) is 88.6 cm³/mol. The normalized spacial score (nSPS) is 18.4. The molecule has 1 aliphatic rings. The minimum Gasteiger partial charge on any atom is -0.346 e. The Kier molecular flexibility index (Phi) is 4.03. The number of H-pyrrole nitrogens is 1. The first kappa shape index (κ1) is 14.6. The van der Waals surface area contributed by atoms with Crippen LogP contribution in [0.15, 0.2) is 24.5 Å². The van der Waals surface area contributed by atoms with Crippen LogP contribution in [-0.2, 0) is 0 Å². The van der Waals surface area contributed by atoms with Crippen molar-refractivity contribution in [2.24, 2.45) is 5.41 Å². The fourth-order valence-electron chi connectivity index (χ4n) is 3.16.